The van der Waals surface area contributed by atoms with E-state index >= 15 is 0 Å². The van der Waals surface area contributed by atoms with E-state index < -0.39 is 30.0 Å². The molecule has 0 spiro atoms. The minimum Gasteiger partial charge on any atom is -0.296 e. The molecule has 277 valence electrons. The van der Waals surface area contributed by atoms with Crippen molar-refractivity contribution in [1.82, 2.24) is 29.9 Å². The van der Waals surface area contributed by atoms with Gasteiger partial charge in [-0.15, -0.1) is 0 Å². The number of rotatable bonds is 8. The maximum absolute atomic E-state index is 12.5. The summed E-state index contributed by atoms with van der Waals surface area (Å²) in [6.07, 6.45) is 2.55. The Labute approximate surface area is 334 Å². The van der Waals surface area contributed by atoms with Gasteiger partial charge in [-0.05, 0) is 59.7 Å². The largest absolute Gasteiger partial charge is 0.296 e. The molecule has 8 N–H and O–H groups in total. The third-order valence-electron chi connectivity index (χ3n) is 7.34. The Morgan fingerprint density at radius 1 is 0.455 bits per heavy atom. The molecule has 0 saturated heterocycles. The van der Waals surface area contributed by atoms with E-state index in [9.17, 15) is 25.9 Å². The van der Waals surface area contributed by atoms with Crippen LogP contribution in [0, 0.1) is 0 Å². The first-order valence-corrected chi connectivity index (χ1v) is 18.7. The second-order valence-electron chi connectivity index (χ2n) is 11.1. The van der Waals surface area contributed by atoms with Crippen LogP contribution >= 0.6 is 0 Å². The third kappa shape index (κ3) is 10.9. The Kier molecular flexibility index (Phi) is 12.9. The molecule has 0 saturated carbocycles. The molecule has 2 heterocycles. The van der Waals surface area contributed by atoms with Gasteiger partial charge in [-0.2, -0.15) is 16.8 Å². The molecule has 18 nitrogen and oxygen atoms in total. The fourth-order valence-corrected chi connectivity index (χ4v) is 6.32. The molecule has 21 heteroatoms. The van der Waals surface area contributed by atoms with Gasteiger partial charge in [0.25, 0.3) is 20.2 Å². The van der Waals surface area contributed by atoms with E-state index in [1.807, 2.05) is 36.4 Å². The van der Waals surface area contributed by atoms with E-state index in [2.05, 4.69) is 59.9 Å². The van der Waals surface area contributed by atoms with Crippen LogP contribution in [0.15, 0.2) is 137 Å². The molecule has 6 rings (SSSR count). The topological polar surface area (TPSA) is 278 Å². The summed E-state index contributed by atoms with van der Waals surface area (Å²) in [5, 5.41) is 0. The van der Waals surface area contributed by atoms with Crippen molar-refractivity contribution in [2.45, 2.75) is 9.79 Å². The number of benzene rings is 4. The number of nitrogens with zero attached hydrogens (tertiary/aromatic N) is 6. The first-order chi connectivity index (χ1) is 25.9. The smallest absolute Gasteiger partial charge is 0.295 e. The fourth-order valence-electron chi connectivity index (χ4n) is 4.92. The maximum atomic E-state index is 12.5. The monoisotopic (exact) mass is 791 g/mol. The van der Waals surface area contributed by atoms with Gasteiger partial charge in [0.2, 0.25) is 33.7 Å². The normalized spacial score (nSPS) is 14.2. The van der Waals surface area contributed by atoms with Gasteiger partial charge in [0.05, 0.1) is 22.7 Å². The standard InChI is InChI=1S/C34H32N12O6S2.Na/c1-35-29-41-31(37-23-9-5-3-6-10-23)45-33(43-29)39-25-17-15-21(27(19-25)53(47,48)49)13-14-22-16-18-26(20-28(22)54(50,51)52)40-34-44-30(36-2)42-32(46-34)38-24-11-7-4-8-12-24;/h3-20H,1-2H3,(H,47,48,49)(H,50,51,52)(H3,35,37,39,41,43,45)(H3,36,38,40,42,44,46);. The van der Waals surface area contributed by atoms with Crippen LogP contribution in [0.1, 0.15) is 11.1 Å². The van der Waals surface area contributed by atoms with Crippen molar-refractivity contribution < 1.29 is 25.9 Å². The number of nitrogens with one attached hydrogen (secondary N) is 6. The van der Waals surface area contributed by atoms with Gasteiger partial charge >= 0.3 is 0 Å². The van der Waals surface area contributed by atoms with Crippen LogP contribution in [0.5, 0.6) is 0 Å². The molecule has 0 amide bonds. The van der Waals surface area contributed by atoms with Crippen LogP contribution in [-0.2, 0) is 20.2 Å². The number of aromatic nitrogens is 6. The Bertz CT molecular complexity index is 2830. The van der Waals surface area contributed by atoms with E-state index in [0.29, 0.717) is 33.8 Å². The van der Waals surface area contributed by atoms with E-state index in [1.165, 1.54) is 36.4 Å². The van der Waals surface area contributed by atoms with Crippen LogP contribution < -0.4 is 33.7 Å². The number of aromatic amines is 6. The molecule has 6 aromatic rings. The minimum atomic E-state index is -4.81. The SMILES string of the molecule is CN=c1[nH]c(=Nc2ccccc2)[nH]c(=Nc2ccc(C=Cc3ccc(N=c4[nH]c(=NC)[nH]c(=Nc5ccccc5)[nH]4)cc3S(=O)(=O)O)c(S(=O)(=O)O)c2)[nH]1.[Na]. The van der Waals surface area contributed by atoms with Crippen molar-refractivity contribution in [3.05, 3.63) is 142 Å². The summed E-state index contributed by atoms with van der Waals surface area (Å²) in [6.45, 7) is 0. The second-order valence-corrected chi connectivity index (χ2v) is 13.9. The van der Waals surface area contributed by atoms with Gasteiger partial charge in [-0.1, -0.05) is 60.7 Å². The molecule has 0 fully saturated rings. The number of para-hydroxylation sites is 2. The zero-order valence-electron chi connectivity index (χ0n) is 29.4. The zero-order chi connectivity index (χ0) is 38.3. The van der Waals surface area contributed by atoms with Gasteiger partial charge in [-0.3, -0.25) is 49.0 Å². The average molecular weight is 792 g/mol. The van der Waals surface area contributed by atoms with Crippen LogP contribution in [0.4, 0.5) is 22.7 Å². The van der Waals surface area contributed by atoms with Gasteiger partial charge in [0, 0.05) is 43.7 Å². The second kappa shape index (κ2) is 17.6. The molecular weight excluding hydrogens is 760 g/mol. The molecule has 0 unspecified atom stereocenters. The van der Waals surface area contributed by atoms with Crippen LogP contribution in [0.3, 0.4) is 0 Å². The molecule has 0 aliphatic carbocycles. The number of H-pyrrole nitrogens is 6. The van der Waals surface area contributed by atoms with Crippen LogP contribution in [0.2, 0.25) is 0 Å². The number of hydrogen-bond donors (Lipinski definition) is 8. The zero-order valence-corrected chi connectivity index (χ0v) is 33.1. The minimum absolute atomic E-state index is 0. The van der Waals surface area contributed by atoms with Gasteiger partial charge < -0.3 is 0 Å². The molecule has 0 aliphatic heterocycles. The molecule has 2 aromatic heterocycles. The van der Waals surface area contributed by atoms with Crippen molar-refractivity contribution in [3.8, 4) is 0 Å². The van der Waals surface area contributed by atoms with Crippen molar-refractivity contribution >= 4 is 84.7 Å². The Hall–Kier alpha value is -5.74. The average Bonchev–Trinajstić information content (AvgIpc) is 3.14. The summed E-state index contributed by atoms with van der Waals surface area (Å²) in [7, 11) is -6.52. The van der Waals surface area contributed by atoms with Gasteiger partial charge in [0.1, 0.15) is 9.79 Å². The van der Waals surface area contributed by atoms with E-state index in [1.54, 1.807) is 38.4 Å². The summed E-state index contributed by atoms with van der Waals surface area (Å²) in [5.74, 6) is 0. The summed E-state index contributed by atoms with van der Waals surface area (Å²) >= 11 is 0. The summed E-state index contributed by atoms with van der Waals surface area (Å²) < 4.78 is 70.3. The molecule has 0 aliphatic rings. The molecule has 0 atom stereocenters. The number of hydrogen-bond acceptors (Lipinski definition) is 10. The Balaban J connectivity index is 0.00000580. The molecule has 1 radical (unpaired) electrons. The van der Waals surface area contributed by atoms with Crippen LogP contribution in [0.25, 0.3) is 12.2 Å². The van der Waals surface area contributed by atoms with Crippen molar-refractivity contribution in [3.63, 3.8) is 0 Å². The van der Waals surface area contributed by atoms with Crippen molar-refractivity contribution in [2.24, 2.45) is 30.0 Å². The Morgan fingerprint density at radius 2 is 0.764 bits per heavy atom. The fraction of sp³-hybridized carbons (Fsp3) is 0.0588. The van der Waals surface area contributed by atoms with Crippen molar-refractivity contribution in [2.75, 3.05) is 14.1 Å². The van der Waals surface area contributed by atoms with Gasteiger partial charge in [-0.25, -0.2) is 20.0 Å². The summed E-state index contributed by atoms with van der Waals surface area (Å²) in [4.78, 5) is 42.6. The van der Waals surface area contributed by atoms with Crippen LogP contribution in [-0.4, -0.2) is 99.5 Å². The summed E-state index contributed by atoms with van der Waals surface area (Å²) in [6, 6.07) is 26.2. The predicted octanol–water partition coefficient (Wildman–Crippen LogP) is 1.93. The maximum Gasteiger partial charge on any atom is 0.295 e. The van der Waals surface area contributed by atoms with Gasteiger partial charge in [0.15, 0.2) is 0 Å². The molecule has 0 bridgehead atoms. The molecular formula is C34H32N12NaO6S2. The van der Waals surface area contributed by atoms with E-state index in [4.69, 9.17) is 0 Å². The first-order valence-electron chi connectivity index (χ1n) is 15.8. The van der Waals surface area contributed by atoms with Crippen molar-refractivity contribution in [1.29, 1.82) is 0 Å². The quantitative estimate of drug-likeness (QED) is 0.0648. The Morgan fingerprint density at radius 3 is 1.07 bits per heavy atom. The summed E-state index contributed by atoms with van der Waals surface area (Å²) in [5.41, 5.74) is 3.08. The molecule has 4 aromatic carbocycles. The molecule has 55 heavy (non-hydrogen) atoms. The first kappa shape index (κ1) is 40.4. The predicted molar refractivity (Wildman–Crippen MR) is 203 cm³/mol. The van der Waals surface area contributed by atoms with E-state index in [-0.39, 0.29) is 63.3 Å². The third-order valence-corrected chi connectivity index (χ3v) is 9.16. The van der Waals surface area contributed by atoms with E-state index in [0.717, 1.165) is 12.1 Å².